The molecule has 1 saturated carbocycles. The molecule has 0 bridgehead atoms. The molecule has 1 heterocycles. The van der Waals surface area contributed by atoms with E-state index in [4.69, 9.17) is 5.11 Å². The van der Waals surface area contributed by atoms with Crippen molar-refractivity contribution in [3.05, 3.63) is 46.5 Å². The Bertz CT molecular complexity index is 847. The predicted octanol–water partition coefficient (Wildman–Crippen LogP) is 1.50. The molecule has 1 aliphatic carbocycles. The number of carbonyl (C=O) groups is 2. The summed E-state index contributed by atoms with van der Waals surface area (Å²) < 4.78 is 1.25. The number of rotatable bonds is 7. The molecule has 1 aliphatic rings. The number of benzene rings is 1. The van der Waals surface area contributed by atoms with Gasteiger partial charge in [-0.1, -0.05) is 6.92 Å². The SMILES string of the molecule is CC(CN(C(=O)c1ccc(-n2cncn2)c([N+](=O)[O-])c1)C1CC1)C(=O)O. The molecule has 1 aromatic heterocycles. The van der Waals surface area contributed by atoms with E-state index in [-0.39, 0.29) is 29.5 Å². The van der Waals surface area contributed by atoms with Gasteiger partial charge in [0.05, 0.1) is 10.8 Å². The second-order valence-electron chi connectivity index (χ2n) is 6.23. The summed E-state index contributed by atoms with van der Waals surface area (Å²) in [4.78, 5) is 40.0. The lowest BCUT2D eigenvalue weighted by Crippen LogP contribution is -2.38. The zero-order chi connectivity index (χ0) is 18.8. The third-order valence-electron chi connectivity index (χ3n) is 4.23. The minimum Gasteiger partial charge on any atom is -0.481 e. The smallest absolute Gasteiger partial charge is 0.308 e. The van der Waals surface area contributed by atoms with Crippen molar-refractivity contribution >= 4 is 17.6 Å². The molecule has 1 unspecified atom stereocenters. The summed E-state index contributed by atoms with van der Waals surface area (Å²) in [5, 5.41) is 24.4. The average Bonchev–Trinajstić information content (AvgIpc) is 3.31. The molecule has 3 rings (SSSR count). The molecule has 1 atom stereocenters. The van der Waals surface area contributed by atoms with Gasteiger partial charge in [0.1, 0.15) is 18.3 Å². The van der Waals surface area contributed by atoms with Gasteiger partial charge in [0.25, 0.3) is 11.6 Å². The Morgan fingerprint density at radius 3 is 2.73 bits per heavy atom. The molecule has 2 aromatic rings. The first-order valence-electron chi connectivity index (χ1n) is 8.05. The van der Waals surface area contributed by atoms with E-state index >= 15 is 0 Å². The number of aromatic nitrogens is 3. The summed E-state index contributed by atoms with van der Waals surface area (Å²) >= 11 is 0. The van der Waals surface area contributed by atoms with E-state index < -0.39 is 22.7 Å². The van der Waals surface area contributed by atoms with Crippen molar-refractivity contribution in [3.8, 4) is 5.69 Å². The van der Waals surface area contributed by atoms with Gasteiger partial charge in [-0.2, -0.15) is 5.10 Å². The summed E-state index contributed by atoms with van der Waals surface area (Å²) in [5.74, 6) is -2.12. The van der Waals surface area contributed by atoms with Crippen LogP contribution >= 0.6 is 0 Å². The topological polar surface area (TPSA) is 131 Å². The number of aliphatic carboxylic acids is 1. The highest BCUT2D eigenvalue weighted by atomic mass is 16.6. The minimum absolute atomic E-state index is 0.0154. The van der Waals surface area contributed by atoms with E-state index in [1.54, 1.807) is 0 Å². The number of nitro benzene ring substituents is 1. The zero-order valence-corrected chi connectivity index (χ0v) is 14.0. The highest BCUT2D eigenvalue weighted by Gasteiger charge is 2.35. The van der Waals surface area contributed by atoms with Crippen LogP contribution in [0.25, 0.3) is 5.69 Å². The Kier molecular flexibility index (Phi) is 4.65. The summed E-state index contributed by atoms with van der Waals surface area (Å²) in [6, 6.07) is 4.09. The van der Waals surface area contributed by atoms with Crippen LogP contribution in [0.3, 0.4) is 0 Å². The molecular weight excluding hydrogens is 342 g/mol. The molecule has 0 spiro atoms. The van der Waals surface area contributed by atoms with E-state index in [1.165, 1.54) is 47.4 Å². The number of hydrogen-bond acceptors (Lipinski definition) is 6. The van der Waals surface area contributed by atoms with Gasteiger partial charge in [0, 0.05) is 24.2 Å². The molecule has 0 saturated heterocycles. The van der Waals surface area contributed by atoms with Crippen molar-refractivity contribution in [2.24, 2.45) is 5.92 Å². The molecule has 1 amide bonds. The summed E-state index contributed by atoms with van der Waals surface area (Å²) in [7, 11) is 0. The van der Waals surface area contributed by atoms with Crippen LogP contribution in [0.1, 0.15) is 30.1 Å². The van der Waals surface area contributed by atoms with Gasteiger partial charge < -0.3 is 10.0 Å². The lowest BCUT2D eigenvalue weighted by molar-refractivity contribution is -0.384. The highest BCUT2D eigenvalue weighted by molar-refractivity contribution is 5.96. The van der Waals surface area contributed by atoms with Crippen LogP contribution < -0.4 is 0 Å². The van der Waals surface area contributed by atoms with Crippen molar-refractivity contribution in [3.63, 3.8) is 0 Å². The fourth-order valence-corrected chi connectivity index (χ4v) is 2.65. The number of amides is 1. The molecule has 0 aliphatic heterocycles. The van der Waals surface area contributed by atoms with Gasteiger partial charge in [-0.25, -0.2) is 9.67 Å². The predicted molar refractivity (Wildman–Crippen MR) is 88.9 cm³/mol. The molecule has 10 heteroatoms. The summed E-state index contributed by atoms with van der Waals surface area (Å²) in [5.41, 5.74) is 0.0642. The molecule has 136 valence electrons. The third-order valence-corrected chi connectivity index (χ3v) is 4.23. The van der Waals surface area contributed by atoms with E-state index in [0.29, 0.717) is 0 Å². The molecule has 1 N–H and O–H groups in total. The van der Waals surface area contributed by atoms with E-state index in [1.807, 2.05) is 0 Å². The molecule has 10 nitrogen and oxygen atoms in total. The number of nitro groups is 1. The summed E-state index contributed by atoms with van der Waals surface area (Å²) in [6.07, 6.45) is 4.19. The van der Waals surface area contributed by atoms with Crippen molar-refractivity contribution in [2.45, 2.75) is 25.8 Å². The Morgan fingerprint density at radius 2 is 2.19 bits per heavy atom. The van der Waals surface area contributed by atoms with Crippen molar-refractivity contribution in [2.75, 3.05) is 6.54 Å². The van der Waals surface area contributed by atoms with Crippen molar-refractivity contribution < 1.29 is 19.6 Å². The number of nitrogens with zero attached hydrogens (tertiary/aromatic N) is 5. The first kappa shape index (κ1) is 17.5. The van der Waals surface area contributed by atoms with Crippen LogP contribution in [0.2, 0.25) is 0 Å². The van der Waals surface area contributed by atoms with E-state index in [9.17, 15) is 19.7 Å². The lowest BCUT2D eigenvalue weighted by atomic mass is 10.1. The van der Waals surface area contributed by atoms with Crippen molar-refractivity contribution in [1.29, 1.82) is 0 Å². The van der Waals surface area contributed by atoms with E-state index in [2.05, 4.69) is 10.1 Å². The molecule has 26 heavy (non-hydrogen) atoms. The summed E-state index contributed by atoms with van der Waals surface area (Å²) in [6.45, 7) is 1.60. The van der Waals surface area contributed by atoms with Gasteiger partial charge in [0.2, 0.25) is 0 Å². The maximum Gasteiger partial charge on any atom is 0.308 e. The standard InChI is InChI=1S/C16H17N5O5/c1-10(16(23)24)7-19(12-3-4-12)15(22)11-2-5-13(14(6-11)21(25)26)20-9-17-8-18-20/h2,5-6,8-10,12H,3-4,7H2,1H3,(H,23,24). The number of hydrogen-bond donors (Lipinski definition) is 1. The maximum atomic E-state index is 12.8. The van der Waals surface area contributed by atoms with Gasteiger partial charge >= 0.3 is 5.97 Å². The van der Waals surface area contributed by atoms with Gasteiger partial charge in [0.15, 0.2) is 0 Å². The van der Waals surface area contributed by atoms with Crippen LogP contribution in [0.4, 0.5) is 5.69 Å². The maximum absolute atomic E-state index is 12.8. The monoisotopic (exact) mass is 359 g/mol. The quantitative estimate of drug-likeness (QED) is 0.585. The second-order valence-corrected chi connectivity index (χ2v) is 6.23. The van der Waals surface area contributed by atoms with Crippen LogP contribution in [-0.4, -0.2) is 54.2 Å². The van der Waals surface area contributed by atoms with Crippen LogP contribution in [0.5, 0.6) is 0 Å². The zero-order valence-electron chi connectivity index (χ0n) is 14.0. The van der Waals surface area contributed by atoms with Gasteiger partial charge in [-0.3, -0.25) is 19.7 Å². The first-order valence-corrected chi connectivity index (χ1v) is 8.05. The number of carboxylic acid groups (broad SMARTS) is 1. The fourth-order valence-electron chi connectivity index (χ4n) is 2.65. The Morgan fingerprint density at radius 1 is 1.46 bits per heavy atom. The minimum atomic E-state index is -0.990. The highest BCUT2D eigenvalue weighted by Crippen LogP contribution is 2.31. The number of carbonyl (C=O) groups excluding carboxylic acids is 1. The average molecular weight is 359 g/mol. The Balaban J connectivity index is 1.92. The number of carboxylic acids is 1. The van der Waals surface area contributed by atoms with Gasteiger partial charge in [-0.05, 0) is 25.0 Å². The Hall–Kier alpha value is -3.30. The van der Waals surface area contributed by atoms with Crippen LogP contribution in [-0.2, 0) is 4.79 Å². The van der Waals surface area contributed by atoms with Gasteiger partial charge in [-0.15, -0.1) is 0 Å². The molecular formula is C16H17N5O5. The first-order chi connectivity index (χ1) is 12.4. The lowest BCUT2D eigenvalue weighted by Gasteiger charge is -2.24. The normalized spacial score (nSPS) is 14.7. The van der Waals surface area contributed by atoms with Crippen LogP contribution in [0.15, 0.2) is 30.9 Å². The second kappa shape index (κ2) is 6.90. The third kappa shape index (κ3) is 3.53. The fraction of sp³-hybridized carbons (Fsp3) is 0.375. The van der Waals surface area contributed by atoms with Crippen LogP contribution in [0, 0.1) is 16.0 Å². The molecule has 0 radical (unpaired) electrons. The Labute approximate surface area is 148 Å². The van der Waals surface area contributed by atoms with Crippen molar-refractivity contribution in [1.82, 2.24) is 19.7 Å². The van der Waals surface area contributed by atoms with E-state index in [0.717, 1.165) is 12.8 Å². The largest absolute Gasteiger partial charge is 0.481 e. The molecule has 1 fully saturated rings. The molecule has 1 aromatic carbocycles.